The lowest BCUT2D eigenvalue weighted by Gasteiger charge is -2.07. The van der Waals surface area contributed by atoms with Crippen LogP contribution in [0.2, 0.25) is 0 Å². The van der Waals surface area contributed by atoms with E-state index < -0.39 is 6.55 Å². The summed E-state index contributed by atoms with van der Waals surface area (Å²) in [7, 11) is 0. The molecule has 0 fully saturated rings. The van der Waals surface area contributed by atoms with Crippen molar-refractivity contribution in [3.8, 4) is 0 Å². The standard InChI is InChI=1S/C8H13F2N3S/c1-6(11)4-14-5-7-12-2-3-13(7)8(9)10/h2-3,6,8H,4-5,11H2,1H3. The molecule has 80 valence electrons. The minimum atomic E-state index is -2.51. The van der Waals surface area contributed by atoms with Gasteiger partial charge in [-0.3, -0.25) is 4.57 Å². The first kappa shape index (κ1) is 11.5. The van der Waals surface area contributed by atoms with Gasteiger partial charge in [0.1, 0.15) is 5.82 Å². The maximum atomic E-state index is 12.3. The number of nitrogens with two attached hydrogens (primary N) is 1. The molecule has 1 aromatic heterocycles. The van der Waals surface area contributed by atoms with Crippen LogP contribution in [-0.4, -0.2) is 21.3 Å². The van der Waals surface area contributed by atoms with Crippen molar-refractivity contribution < 1.29 is 8.78 Å². The number of aromatic nitrogens is 2. The third-order valence-electron chi connectivity index (χ3n) is 1.57. The summed E-state index contributed by atoms with van der Waals surface area (Å²) in [6.07, 6.45) is 2.67. The number of halogens is 2. The number of imidazole rings is 1. The largest absolute Gasteiger partial charge is 0.327 e. The number of hydrogen-bond acceptors (Lipinski definition) is 3. The zero-order valence-corrected chi connectivity index (χ0v) is 8.68. The predicted molar refractivity (Wildman–Crippen MR) is 53.3 cm³/mol. The molecule has 0 aliphatic heterocycles. The van der Waals surface area contributed by atoms with E-state index >= 15 is 0 Å². The van der Waals surface area contributed by atoms with Crippen LogP contribution < -0.4 is 5.73 Å². The van der Waals surface area contributed by atoms with Crippen LogP contribution in [0, 0.1) is 0 Å². The Morgan fingerprint density at radius 2 is 2.36 bits per heavy atom. The molecule has 2 N–H and O–H groups in total. The molecule has 1 rings (SSSR count). The normalized spacial score (nSPS) is 13.5. The van der Waals surface area contributed by atoms with Crippen molar-refractivity contribution in [2.24, 2.45) is 5.73 Å². The van der Waals surface area contributed by atoms with Gasteiger partial charge in [0.05, 0.1) is 5.75 Å². The molecule has 0 aromatic carbocycles. The molecule has 0 spiro atoms. The molecule has 0 saturated heterocycles. The van der Waals surface area contributed by atoms with Crippen LogP contribution in [0.15, 0.2) is 12.4 Å². The van der Waals surface area contributed by atoms with Crippen LogP contribution in [-0.2, 0) is 5.75 Å². The SMILES string of the molecule is CC(N)CSCc1nccn1C(F)F. The van der Waals surface area contributed by atoms with E-state index in [0.29, 0.717) is 11.6 Å². The Bertz CT molecular complexity index is 275. The molecule has 14 heavy (non-hydrogen) atoms. The Labute approximate surface area is 85.7 Å². The van der Waals surface area contributed by atoms with Crippen LogP contribution in [0.25, 0.3) is 0 Å². The maximum absolute atomic E-state index is 12.3. The van der Waals surface area contributed by atoms with E-state index in [0.717, 1.165) is 10.3 Å². The highest BCUT2D eigenvalue weighted by Gasteiger charge is 2.10. The second-order valence-corrected chi connectivity index (χ2v) is 4.05. The first-order valence-corrected chi connectivity index (χ1v) is 5.40. The lowest BCUT2D eigenvalue weighted by atomic mass is 10.4. The van der Waals surface area contributed by atoms with Gasteiger partial charge < -0.3 is 5.73 Å². The van der Waals surface area contributed by atoms with Crippen molar-refractivity contribution in [1.82, 2.24) is 9.55 Å². The highest BCUT2D eigenvalue weighted by molar-refractivity contribution is 7.98. The summed E-state index contributed by atoms with van der Waals surface area (Å²) < 4.78 is 25.5. The molecule has 0 bridgehead atoms. The van der Waals surface area contributed by atoms with Crippen LogP contribution in [0.4, 0.5) is 8.78 Å². The van der Waals surface area contributed by atoms with E-state index in [2.05, 4.69) is 4.98 Å². The van der Waals surface area contributed by atoms with Crippen molar-refractivity contribution in [1.29, 1.82) is 0 Å². The molecule has 3 nitrogen and oxygen atoms in total. The monoisotopic (exact) mass is 221 g/mol. The van der Waals surface area contributed by atoms with Crippen LogP contribution >= 0.6 is 11.8 Å². The third kappa shape index (κ3) is 3.26. The van der Waals surface area contributed by atoms with Crippen molar-refractivity contribution in [2.75, 3.05) is 5.75 Å². The van der Waals surface area contributed by atoms with E-state index in [4.69, 9.17) is 5.73 Å². The predicted octanol–water partition coefficient (Wildman–Crippen LogP) is 1.86. The zero-order chi connectivity index (χ0) is 10.6. The number of thioether (sulfide) groups is 1. The molecular formula is C8H13F2N3S. The van der Waals surface area contributed by atoms with E-state index in [-0.39, 0.29) is 6.04 Å². The molecule has 1 unspecified atom stereocenters. The highest BCUT2D eigenvalue weighted by Crippen LogP contribution is 2.17. The summed E-state index contributed by atoms with van der Waals surface area (Å²) in [5, 5.41) is 0. The first-order chi connectivity index (χ1) is 6.61. The molecule has 1 aromatic rings. The number of hydrogen-bond donors (Lipinski definition) is 1. The van der Waals surface area contributed by atoms with Gasteiger partial charge in [-0.25, -0.2) is 4.98 Å². The Kier molecular flexibility index (Phi) is 4.34. The van der Waals surface area contributed by atoms with Gasteiger partial charge in [-0.2, -0.15) is 20.5 Å². The van der Waals surface area contributed by atoms with Crippen molar-refractivity contribution in [2.45, 2.75) is 25.3 Å². The Balaban J connectivity index is 2.46. The number of rotatable bonds is 5. The van der Waals surface area contributed by atoms with Crippen LogP contribution in [0.5, 0.6) is 0 Å². The van der Waals surface area contributed by atoms with Crippen molar-refractivity contribution in [3.05, 3.63) is 18.2 Å². The molecule has 1 heterocycles. The maximum Gasteiger partial charge on any atom is 0.319 e. The second-order valence-electron chi connectivity index (χ2n) is 3.02. The molecular weight excluding hydrogens is 208 g/mol. The zero-order valence-electron chi connectivity index (χ0n) is 7.86. The fourth-order valence-electron chi connectivity index (χ4n) is 0.970. The summed E-state index contributed by atoms with van der Waals surface area (Å²) in [4.78, 5) is 3.86. The van der Waals surface area contributed by atoms with Gasteiger partial charge in [0, 0.05) is 24.2 Å². The van der Waals surface area contributed by atoms with Crippen molar-refractivity contribution >= 4 is 11.8 Å². The second kappa shape index (κ2) is 5.31. The Hall–Kier alpha value is -0.620. The van der Waals surface area contributed by atoms with Crippen LogP contribution in [0.1, 0.15) is 19.3 Å². The van der Waals surface area contributed by atoms with E-state index in [1.807, 2.05) is 6.92 Å². The average Bonchev–Trinajstić information content (AvgIpc) is 2.51. The topological polar surface area (TPSA) is 43.8 Å². The third-order valence-corrected chi connectivity index (χ3v) is 2.79. The number of alkyl halides is 2. The Morgan fingerprint density at radius 3 is 2.93 bits per heavy atom. The Morgan fingerprint density at radius 1 is 1.64 bits per heavy atom. The summed E-state index contributed by atoms with van der Waals surface area (Å²) in [5.41, 5.74) is 5.53. The highest BCUT2D eigenvalue weighted by atomic mass is 32.2. The summed E-state index contributed by atoms with van der Waals surface area (Å²) in [5.74, 6) is 1.61. The fourth-order valence-corrected chi connectivity index (χ4v) is 1.87. The average molecular weight is 221 g/mol. The van der Waals surface area contributed by atoms with Gasteiger partial charge in [-0.1, -0.05) is 0 Å². The molecule has 1 atom stereocenters. The minimum absolute atomic E-state index is 0.0787. The summed E-state index contributed by atoms with van der Waals surface area (Å²) in [6, 6.07) is 0.0787. The quantitative estimate of drug-likeness (QED) is 0.825. The number of nitrogens with zero attached hydrogens (tertiary/aromatic N) is 2. The van der Waals surface area contributed by atoms with Gasteiger partial charge in [-0.15, -0.1) is 0 Å². The van der Waals surface area contributed by atoms with Gasteiger partial charge in [0.15, 0.2) is 0 Å². The lowest BCUT2D eigenvalue weighted by molar-refractivity contribution is 0.0678. The summed E-state index contributed by atoms with van der Waals surface area (Å²) in [6.45, 7) is -0.629. The molecule has 6 heteroatoms. The van der Waals surface area contributed by atoms with Crippen LogP contribution in [0.3, 0.4) is 0 Å². The van der Waals surface area contributed by atoms with E-state index in [1.165, 1.54) is 24.2 Å². The molecule has 0 saturated carbocycles. The van der Waals surface area contributed by atoms with Gasteiger partial charge in [0.2, 0.25) is 0 Å². The lowest BCUT2D eigenvalue weighted by Crippen LogP contribution is -2.17. The summed E-state index contributed by atoms with van der Waals surface area (Å²) >= 11 is 1.51. The molecule has 0 aliphatic carbocycles. The van der Waals surface area contributed by atoms with Gasteiger partial charge in [0.25, 0.3) is 0 Å². The molecule has 0 radical (unpaired) electrons. The van der Waals surface area contributed by atoms with Gasteiger partial charge in [-0.05, 0) is 6.92 Å². The van der Waals surface area contributed by atoms with E-state index in [9.17, 15) is 8.78 Å². The van der Waals surface area contributed by atoms with Gasteiger partial charge >= 0.3 is 6.55 Å². The smallest absolute Gasteiger partial charge is 0.319 e. The minimum Gasteiger partial charge on any atom is -0.327 e. The first-order valence-electron chi connectivity index (χ1n) is 4.24. The fraction of sp³-hybridized carbons (Fsp3) is 0.625. The van der Waals surface area contributed by atoms with Crippen molar-refractivity contribution in [3.63, 3.8) is 0 Å². The van der Waals surface area contributed by atoms with E-state index in [1.54, 1.807) is 0 Å². The molecule has 0 amide bonds. The molecule has 0 aliphatic rings.